The molecule has 7 heteroatoms. The molecule has 0 aliphatic rings. The van der Waals surface area contributed by atoms with Crippen LogP contribution in [0.1, 0.15) is 56.2 Å². The van der Waals surface area contributed by atoms with Crippen molar-refractivity contribution in [3.63, 3.8) is 0 Å². The number of hydrogen-bond donors (Lipinski definition) is 1. The summed E-state index contributed by atoms with van der Waals surface area (Å²) in [7, 11) is -4.16. The van der Waals surface area contributed by atoms with Gasteiger partial charge in [0.2, 0.25) is 0 Å². The number of alkyl halides is 3. The first kappa shape index (κ1) is 20.3. The Balaban J connectivity index is 2.54. The summed E-state index contributed by atoms with van der Waals surface area (Å²) < 4.78 is 66.7. The maximum atomic E-state index is 12.9. The number of benzene rings is 2. The minimum Gasteiger partial charge on any atom is -0.279 e. The fraction of sp³-hybridized carbons (Fsp3) is 0.368. The lowest BCUT2D eigenvalue weighted by Crippen LogP contribution is -2.17. The Labute approximate surface area is 152 Å². The number of rotatable bonds is 5. The van der Waals surface area contributed by atoms with Gasteiger partial charge in [-0.25, -0.2) is 8.42 Å². The third kappa shape index (κ3) is 4.38. The molecule has 0 heterocycles. The molecule has 0 saturated heterocycles. The standard InChI is InChI=1S/C19H22F3NO2S/c1-12(2)16-9-6-10-17(13(3)4)18(16)23-26(24,25)15-8-5-7-14(11-15)19(20,21)22/h5-13,23H,1-4H3. The quantitative estimate of drug-likeness (QED) is 0.712. The summed E-state index contributed by atoms with van der Waals surface area (Å²) in [6.07, 6.45) is -4.61. The molecule has 2 aromatic carbocycles. The molecule has 2 rings (SSSR count). The monoisotopic (exact) mass is 385 g/mol. The molecule has 0 radical (unpaired) electrons. The van der Waals surface area contributed by atoms with E-state index in [0.717, 1.165) is 29.3 Å². The van der Waals surface area contributed by atoms with Crippen LogP contribution in [0.15, 0.2) is 47.4 Å². The fourth-order valence-electron chi connectivity index (χ4n) is 2.70. The summed E-state index contributed by atoms with van der Waals surface area (Å²) in [5, 5.41) is 0. The highest BCUT2D eigenvalue weighted by Crippen LogP contribution is 2.35. The van der Waals surface area contributed by atoms with Crippen molar-refractivity contribution in [2.75, 3.05) is 4.72 Å². The second-order valence-electron chi connectivity index (χ2n) is 6.75. The van der Waals surface area contributed by atoms with Gasteiger partial charge in [-0.3, -0.25) is 4.72 Å². The van der Waals surface area contributed by atoms with Crippen molar-refractivity contribution in [3.05, 3.63) is 59.2 Å². The van der Waals surface area contributed by atoms with Gasteiger partial charge in [0, 0.05) is 0 Å². The number of halogens is 3. The van der Waals surface area contributed by atoms with Crippen molar-refractivity contribution in [2.45, 2.75) is 50.6 Å². The average molecular weight is 385 g/mol. The molecular formula is C19H22F3NO2S. The van der Waals surface area contributed by atoms with Crippen LogP contribution in [0.2, 0.25) is 0 Å². The molecule has 0 aliphatic heterocycles. The summed E-state index contributed by atoms with van der Waals surface area (Å²) in [6.45, 7) is 7.73. The number of hydrogen-bond acceptors (Lipinski definition) is 2. The third-order valence-electron chi connectivity index (χ3n) is 4.08. The minimum atomic E-state index is -4.61. The second-order valence-corrected chi connectivity index (χ2v) is 8.43. The van der Waals surface area contributed by atoms with Gasteiger partial charge >= 0.3 is 6.18 Å². The maximum absolute atomic E-state index is 12.9. The van der Waals surface area contributed by atoms with Gasteiger partial charge in [-0.1, -0.05) is 52.0 Å². The summed E-state index contributed by atoms with van der Waals surface area (Å²) in [6, 6.07) is 9.24. The van der Waals surface area contributed by atoms with Gasteiger partial charge in [-0.05, 0) is 41.2 Å². The molecule has 0 atom stereocenters. The Morgan fingerprint density at radius 1 is 0.885 bits per heavy atom. The summed E-state index contributed by atoms with van der Waals surface area (Å²) >= 11 is 0. The Kier molecular flexibility index (Phi) is 5.70. The molecule has 0 spiro atoms. The summed E-state index contributed by atoms with van der Waals surface area (Å²) in [5.41, 5.74) is 1.04. The van der Waals surface area contributed by atoms with E-state index in [9.17, 15) is 21.6 Å². The van der Waals surface area contributed by atoms with Crippen LogP contribution in [0, 0.1) is 0 Å². The topological polar surface area (TPSA) is 46.2 Å². The van der Waals surface area contributed by atoms with Crippen molar-refractivity contribution < 1.29 is 21.6 Å². The molecule has 0 bridgehead atoms. The van der Waals surface area contributed by atoms with Crippen molar-refractivity contribution in [2.24, 2.45) is 0 Å². The number of para-hydroxylation sites is 1. The van der Waals surface area contributed by atoms with Crippen LogP contribution >= 0.6 is 0 Å². The number of nitrogens with one attached hydrogen (secondary N) is 1. The predicted octanol–water partition coefficient (Wildman–Crippen LogP) is 5.75. The molecule has 0 fully saturated rings. The van der Waals surface area contributed by atoms with Gasteiger partial charge in [0.15, 0.2) is 0 Å². The van der Waals surface area contributed by atoms with Crippen molar-refractivity contribution in [1.82, 2.24) is 0 Å². The lowest BCUT2D eigenvalue weighted by molar-refractivity contribution is -0.137. The number of sulfonamides is 1. The van der Waals surface area contributed by atoms with Crippen LogP contribution in [-0.2, 0) is 16.2 Å². The molecule has 2 aromatic rings. The summed E-state index contributed by atoms with van der Waals surface area (Å²) in [5.74, 6) is 0.0980. The zero-order chi connectivity index (χ0) is 19.7. The van der Waals surface area contributed by atoms with Gasteiger partial charge in [0.1, 0.15) is 0 Å². The first-order valence-corrected chi connectivity index (χ1v) is 9.74. The van der Waals surface area contributed by atoms with E-state index in [2.05, 4.69) is 4.72 Å². The van der Waals surface area contributed by atoms with Gasteiger partial charge in [0.25, 0.3) is 10.0 Å². The molecule has 3 nitrogen and oxygen atoms in total. The number of anilines is 1. The Morgan fingerprint density at radius 2 is 1.38 bits per heavy atom. The fourth-order valence-corrected chi connectivity index (χ4v) is 3.86. The smallest absolute Gasteiger partial charge is 0.279 e. The highest BCUT2D eigenvalue weighted by Gasteiger charge is 2.32. The van der Waals surface area contributed by atoms with Gasteiger partial charge in [-0.15, -0.1) is 0 Å². The Morgan fingerprint density at radius 3 is 1.85 bits per heavy atom. The normalized spacial score (nSPS) is 12.7. The Hall–Kier alpha value is -2.02. The molecular weight excluding hydrogens is 363 g/mol. The van der Waals surface area contributed by atoms with Crippen molar-refractivity contribution in [1.29, 1.82) is 0 Å². The van der Waals surface area contributed by atoms with Gasteiger partial charge < -0.3 is 0 Å². The molecule has 0 unspecified atom stereocenters. The summed E-state index contributed by atoms with van der Waals surface area (Å²) in [4.78, 5) is -0.416. The molecule has 142 valence electrons. The largest absolute Gasteiger partial charge is 0.416 e. The van der Waals surface area contributed by atoms with E-state index in [1.165, 1.54) is 0 Å². The molecule has 0 amide bonds. The van der Waals surface area contributed by atoms with E-state index in [1.807, 2.05) is 45.9 Å². The predicted molar refractivity (Wildman–Crippen MR) is 96.9 cm³/mol. The third-order valence-corrected chi connectivity index (χ3v) is 5.43. The first-order valence-electron chi connectivity index (χ1n) is 8.26. The van der Waals surface area contributed by atoms with E-state index in [-0.39, 0.29) is 11.8 Å². The highest BCUT2D eigenvalue weighted by atomic mass is 32.2. The highest BCUT2D eigenvalue weighted by molar-refractivity contribution is 7.92. The molecule has 1 N–H and O–H groups in total. The molecule has 0 aromatic heterocycles. The zero-order valence-electron chi connectivity index (χ0n) is 15.1. The second kappa shape index (κ2) is 7.31. The maximum Gasteiger partial charge on any atom is 0.416 e. The van der Waals surface area contributed by atoms with Crippen molar-refractivity contribution >= 4 is 15.7 Å². The van der Waals surface area contributed by atoms with Crippen LogP contribution in [-0.4, -0.2) is 8.42 Å². The van der Waals surface area contributed by atoms with Gasteiger partial charge in [-0.2, -0.15) is 13.2 Å². The molecule has 26 heavy (non-hydrogen) atoms. The Bertz CT molecular complexity index is 862. The van der Waals surface area contributed by atoms with Crippen LogP contribution in [0.25, 0.3) is 0 Å². The lowest BCUT2D eigenvalue weighted by Gasteiger charge is -2.21. The van der Waals surface area contributed by atoms with Crippen LogP contribution in [0.4, 0.5) is 18.9 Å². The molecule has 0 saturated carbocycles. The van der Waals surface area contributed by atoms with E-state index in [0.29, 0.717) is 11.8 Å². The minimum absolute atomic E-state index is 0.0490. The SMILES string of the molecule is CC(C)c1cccc(C(C)C)c1NS(=O)(=O)c1cccc(C(F)(F)F)c1. The van der Waals surface area contributed by atoms with E-state index in [4.69, 9.17) is 0 Å². The van der Waals surface area contributed by atoms with E-state index < -0.39 is 26.7 Å². The first-order chi connectivity index (χ1) is 11.9. The van der Waals surface area contributed by atoms with Gasteiger partial charge in [0.05, 0.1) is 16.1 Å². The van der Waals surface area contributed by atoms with Crippen LogP contribution < -0.4 is 4.72 Å². The van der Waals surface area contributed by atoms with Crippen molar-refractivity contribution in [3.8, 4) is 0 Å². The molecule has 0 aliphatic carbocycles. The van der Waals surface area contributed by atoms with E-state index >= 15 is 0 Å². The lowest BCUT2D eigenvalue weighted by atomic mass is 9.93. The van der Waals surface area contributed by atoms with Crippen LogP contribution in [0.5, 0.6) is 0 Å². The average Bonchev–Trinajstić information content (AvgIpc) is 2.53. The van der Waals surface area contributed by atoms with Crippen LogP contribution in [0.3, 0.4) is 0 Å². The zero-order valence-corrected chi connectivity index (χ0v) is 15.9. The van der Waals surface area contributed by atoms with E-state index in [1.54, 1.807) is 0 Å².